The molecule has 0 radical (unpaired) electrons. The first-order valence-corrected chi connectivity index (χ1v) is 13.3. The molecule has 1 aliphatic rings. The topological polar surface area (TPSA) is 57.2 Å². The molecule has 2 rings (SSSR count). The fraction of sp³-hybridized carbons (Fsp3) is 0.652. The molecule has 5 nitrogen and oxygen atoms in total. The third-order valence-electron chi connectivity index (χ3n) is 6.10. The molecule has 4 atom stereocenters. The van der Waals surface area contributed by atoms with Crippen molar-refractivity contribution >= 4 is 8.32 Å². The van der Waals surface area contributed by atoms with Crippen molar-refractivity contribution in [3.63, 3.8) is 0 Å². The van der Waals surface area contributed by atoms with Gasteiger partial charge in [0.05, 0.1) is 38.6 Å². The van der Waals surface area contributed by atoms with Crippen LogP contribution in [0.2, 0.25) is 18.1 Å². The lowest BCUT2D eigenvalue weighted by molar-refractivity contribution is -0.0719. The van der Waals surface area contributed by atoms with E-state index >= 15 is 0 Å². The standard InChI is InChI=1S/C23H38O5Si/c1-8-9-19(24)20-14-21(26-15-17-10-12-18(25-5)13-11-17)22(28-20)16-27-29(6,7)23(2,3)4/h8,10-13,19-22,24H,1,9,14-16H2,2-7H3/t19-,20-,21-,22-/m0/s1. The Morgan fingerprint density at radius 1 is 1.28 bits per heavy atom. The van der Waals surface area contributed by atoms with Crippen molar-refractivity contribution in [1.82, 2.24) is 0 Å². The predicted octanol–water partition coefficient (Wildman–Crippen LogP) is 4.70. The third kappa shape index (κ3) is 6.66. The van der Waals surface area contributed by atoms with Gasteiger partial charge in [-0.2, -0.15) is 0 Å². The normalized spacial score (nSPS) is 23.8. The number of ether oxygens (including phenoxy) is 3. The summed E-state index contributed by atoms with van der Waals surface area (Å²) in [5.41, 5.74) is 1.07. The minimum absolute atomic E-state index is 0.119. The maximum atomic E-state index is 10.4. The van der Waals surface area contributed by atoms with E-state index in [2.05, 4.69) is 40.4 Å². The molecule has 1 aliphatic heterocycles. The van der Waals surface area contributed by atoms with Crippen molar-refractivity contribution in [2.75, 3.05) is 13.7 Å². The van der Waals surface area contributed by atoms with Crippen LogP contribution >= 0.6 is 0 Å². The first kappa shape index (κ1) is 24.1. The molecule has 0 spiro atoms. The highest BCUT2D eigenvalue weighted by Crippen LogP contribution is 2.37. The second kappa shape index (κ2) is 10.2. The van der Waals surface area contributed by atoms with Crippen LogP contribution in [0.4, 0.5) is 0 Å². The lowest BCUT2D eigenvalue weighted by Crippen LogP contribution is -2.44. The van der Waals surface area contributed by atoms with Crippen LogP contribution in [0.5, 0.6) is 5.75 Å². The number of rotatable bonds is 10. The fourth-order valence-electron chi connectivity index (χ4n) is 3.07. The zero-order chi connectivity index (χ0) is 21.7. The van der Waals surface area contributed by atoms with Crippen LogP contribution in [0.1, 0.15) is 39.2 Å². The molecule has 0 saturated carbocycles. The van der Waals surface area contributed by atoms with E-state index in [0.717, 1.165) is 11.3 Å². The molecule has 164 valence electrons. The first-order chi connectivity index (χ1) is 13.6. The Bertz CT molecular complexity index is 638. The van der Waals surface area contributed by atoms with E-state index in [1.807, 2.05) is 24.3 Å². The van der Waals surface area contributed by atoms with Gasteiger partial charge < -0.3 is 23.7 Å². The molecule has 1 aromatic carbocycles. The Balaban J connectivity index is 2.02. The van der Waals surface area contributed by atoms with Gasteiger partial charge in [-0.3, -0.25) is 0 Å². The molecule has 0 aromatic heterocycles. The predicted molar refractivity (Wildman–Crippen MR) is 119 cm³/mol. The minimum atomic E-state index is -1.89. The van der Waals surface area contributed by atoms with E-state index in [0.29, 0.717) is 26.1 Å². The van der Waals surface area contributed by atoms with Crippen molar-refractivity contribution in [2.24, 2.45) is 0 Å². The third-order valence-corrected chi connectivity index (χ3v) is 10.6. The van der Waals surface area contributed by atoms with Crippen molar-refractivity contribution in [2.45, 2.75) is 82.8 Å². The smallest absolute Gasteiger partial charge is 0.192 e. The van der Waals surface area contributed by atoms with Gasteiger partial charge in [0.1, 0.15) is 11.9 Å². The lowest BCUT2D eigenvalue weighted by atomic mass is 10.1. The van der Waals surface area contributed by atoms with Crippen molar-refractivity contribution in [3.8, 4) is 5.75 Å². The fourth-order valence-corrected chi connectivity index (χ4v) is 4.09. The summed E-state index contributed by atoms with van der Waals surface area (Å²) in [6.07, 6.45) is 1.74. The van der Waals surface area contributed by atoms with Gasteiger partial charge in [0.2, 0.25) is 0 Å². The molecule has 1 N–H and O–H groups in total. The highest BCUT2D eigenvalue weighted by atomic mass is 28.4. The molecule has 0 unspecified atom stereocenters. The van der Waals surface area contributed by atoms with Gasteiger partial charge in [-0.1, -0.05) is 39.0 Å². The van der Waals surface area contributed by atoms with Gasteiger partial charge in [0, 0.05) is 6.42 Å². The molecule has 0 amide bonds. The van der Waals surface area contributed by atoms with Crippen molar-refractivity contribution in [1.29, 1.82) is 0 Å². The molecule has 29 heavy (non-hydrogen) atoms. The van der Waals surface area contributed by atoms with Crippen LogP contribution in [0.3, 0.4) is 0 Å². The summed E-state index contributed by atoms with van der Waals surface area (Å²) < 4.78 is 24.0. The van der Waals surface area contributed by atoms with Crippen LogP contribution in [0.15, 0.2) is 36.9 Å². The van der Waals surface area contributed by atoms with E-state index in [1.165, 1.54) is 0 Å². The first-order valence-electron chi connectivity index (χ1n) is 10.4. The van der Waals surface area contributed by atoms with Gasteiger partial charge in [-0.15, -0.1) is 6.58 Å². The average Bonchev–Trinajstić information content (AvgIpc) is 3.08. The zero-order valence-corrected chi connectivity index (χ0v) is 19.8. The van der Waals surface area contributed by atoms with Crippen LogP contribution in [-0.2, 0) is 20.5 Å². The zero-order valence-electron chi connectivity index (χ0n) is 18.8. The van der Waals surface area contributed by atoms with Crippen molar-refractivity contribution < 1.29 is 23.7 Å². The van der Waals surface area contributed by atoms with E-state index in [9.17, 15) is 5.11 Å². The monoisotopic (exact) mass is 422 g/mol. The van der Waals surface area contributed by atoms with Crippen LogP contribution in [0.25, 0.3) is 0 Å². The summed E-state index contributed by atoms with van der Waals surface area (Å²) in [5.74, 6) is 0.825. The number of aliphatic hydroxyl groups excluding tert-OH is 1. The summed E-state index contributed by atoms with van der Waals surface area (Å²) >= 11 is 0. The van der Waals surface area contributed by atoms with E-state index in [1.54, 1.807) is 13.2 Å². The molecular formula is C23H38O5Si. The highest BCUT2D eigenvalue weighted by molar-refractivity contribution is 6.74. The Kier molecular flexibility index (Phi) is 8.49. The highest BCUT2D eigenvalue weighted by Gasteiger charge is 2.42. The second-order valence-corrected chi connectivity index (χ2v) is 14.1. The Morgan fingerprint density at radius 3 is 2.48 bits per heavy atom. The summed E-state index contributed by atoms with van der Waals surface area (Å²) in [5, 5.41) is 10.5. The molecule has 0 bridgehead atoms. The van der Waals surface area contributed by atoms with E-state index in [-0.39, 0.29) is 23.4 Å². The van der Waals surface area contributed by atoms with Gasteiger partial charge in [0.15, 0.2) is 8.32 Å². The molecule has 1 saturated heterocycles. The second-order valence-electron chi connectivity index (χ2n) is 9.31. The number of hydrogen-bond acceptors (Lipinski definition) is 5. The Labute approximate surface area is 177 Å². The number of methoxy groups -OCH3 is 1. The van der Waals surface area contributed by atoms with Gasteiger partial charge in [-0.05, 0) is 42.2 Å². The maximum Gasteiger partial charge on any atom is 0.192 e. The number of hydrogen-bond donors (Lipinski definition) is 1. The quantitative estimate of drug-likeness (QED) is 0.438. The van der Waals surface area contributed by atoms with Gasteiger partial charge in [-0.25, -0.2) is 0 Å². The van der Waals surface area contributed by atoms with Crippen molar-refractivity contribution in [3.05, 3.63) is 42.5 Å². The summed E-state index contributed by atoms with van der Waals surface area (Å²) in [4.78, 5) is 0. The summed E-state index contributed by atoms with van der Waals surface area (Å²) in [6, 6.07) is 7.86. The lowest BCUT2D eigenvalue weighted by Gasteiger charge is -2.37. The van der Waals surface area contributed by atoms with E-state index < -0.39 is 14.4 Å². The maximum absolute atomic E-state index is 10.4. The molecule has 1 fully saturated rings. The molecule has 1 aromatic rings. The molecule has 0 aliphatic carbocycles. The molecule has 1 heterocycles. The van der Waals surface area contributed by atoms with Gasteiger partial charge in [0.25, 0.3) is 0 Å². The van der Waals surface area contributed by atoms with E-state index in [4.69, 9.17) is 18.6 Å². The van der Waals surface area contributed by atoms with Gasteiger partial charge >= 0.3 is 0 Å². The molecular weight excluding hydrogens is 384 g/mol. The number of aliphatic hydroxyl groups is 1. The summed E-state index contributed by atoms with van der Waals surface area (Å²) in [6.45, 7) is 15.8. The summed E-state index contributed by atoms with van der Waals surface area (Å²) in [7, 11) is -0.236. The largest absolute Gasteiger partial charge is 0.497 e. The Morgan fingerprint density at radius 2 is 1.93 bits per heavy atom. The van der Waals surface area contributed by atoms with Crippen LogP contribution < -0.4 is 4.74 Å². The SMILES string of the molecule is C=CC[C@H](O)[C@@H]1C[C@H](OCc2ccc(OC)cc2)[C@H](CO[Si](C)(C)C(C)(C)C)O1. The number of benzene rings is 1. The minimum Gasteiger partial charge on any atom is -0.497 e. The molecule has 6 heteroatoms. The Hall–Kier alpha value is -1.18. The van der Waals surface area contributed by atoms with Crippen LogP contribution in [-0.4, -0.2) is 51.6 Å². The average molecular weight is 423 g/mol. The van der Waals surface area contributed by atoms with Crippen LogP contribution in [0, 0.1) is 0 Å².